The molecule has 1 spiro atoms. The second-order valence-electron chi connectivity index (χ2n) is 7.80. The van der Waals surface area contributed by atoms with Crippen molar-refractivity contribution in [3.05, 3.63) is 59.2 Å². The number of hydrogen-bond acceptors (Lipinski definition) is 3. The summed E-state index contributed by atoms with van der Waals surface area (Å²) in [5.41, 5.74) is 2.32. The Morgan fingerprint density at radius 2 is 1.79 bits per heavy atom. The molecule has 2 N–H and O–H groups in total. The first-order valence-electron chi connectivity index (χ1n) is 8.92. The van der Waals surface area contributed by atoms with Crippen molar-refractivity contribution >= 4 is 15.6 Å². The van der Waals surface area contributed by atoms with Gasteiger partial charge in [-0.25, -0.2) is 22.3 Å². The quantitative estimate of drug-likeness (QED) is 0.803. The molecule has 4 nitrogen and oxygen atoms in total. The van der Waals surface area contributed by atoms with Crippen molar-refractivity contribution in [2.24, 2.45) is 16.5 Å². The van der Waals surface area contributed by atoms with E-state index in [0.717, 1.165) is 37.2 Å². The lowest BCUT2D eigenvalue weighted by atomic mass is 9.87. The Bertz CT molecular complexity index is 1020. The van der Waals surface area contributed by atoms with Gasteiger partial charge in [-0.2, -0.15) is 4.39 Å². The molecular formula is C20H20F3NO3S. The lowest BCUT2D eigenvalue weighted by Crippen LogP contribution is -2.28. The van der Waals surface area contributed by atoms with Gasteiger partial charge in [0.05, 0.1) is 10.8 Å². The number of nitrogens with two attached hydrogens (primary N) is 1. The van der Waals surface area contributed by atoms with Crippen molar-refractivity contribution in [3.8, 4) is 0 Å². The molecule has 1 fully saturated rings. The molecule has 4 rings (SSSR count). The fourth-order valence-electron chi connectivity index (χ4n) is 4.12. The number of alkyl halides is 1. The maximum atomic E-state index is 14.7. The summed E-state index contributed by atoms with van der Waals surface area (Å²) in [5, 5.41) is 5.14. The number of hydrogen-bond donors (Lipinski definition) is 1. The number of ether oxygens (including phenoxy) is 1. The van der Waals surface area contributed by atoms with Crippen LogP contribution in [0.4, 0.5) is 13.2 Å². The molecule has 2 unspecified atom stereocenters. The van der Waals surface area contributed by atoms with Gasteiger partial charge in [0.15, 0.2) is 5.83 Å². The molecule has 1 aromatic rings. The van der Waals surface area contributed by atoms with Crippen molar-refractivity contribution in [2.45, 2.75) is 36.4 Å². The second-order valence-corrected chi connectivity index (χ2v) is 9.36. The summed E-state index contributed by atoms with van der Waals surface area (Å²) in [7, 11) is -2.84. The summed E-state index contributed by atoms with van der Waals surface area (Å²) >= 11 is 0. The van der Waals surface area contributed by atoms with Crippen LogP contribution in [0.25, 0.3) is 5.57 Å². The summed E-state index contributed by atoms with van der Waals surface area (Å²) in [6.45, 7) is 0. The molecule has 150 valence electrons. The van der Waals surface area contributed by atoms with Gasteiger partial charge in [0.25, 0.3) is 5.85 Å². The predicted molar refractivity (Wildman–Crippen MR) is 98.4 cm³/mol. The van der Waals surface area contributed by atoms with E-state index in [1.165, 1.54) is 12.1 Å². The summed E-state index contributed by atoms with van der Waals surface area (Å²) in [6.07, 6.45) is 4.76. The minimum atomic E-state index is -3.82. The first-order valence-corrected chi connectivity index (χ1v) is 10.5. The fourth-order valence-corrected chi connectivity index (χ4v) is 4.64. The van der Waals surface area contributed by atoms with E-state index in [1.807, 2.05) is 0 Å². The van der Waals surface area contributed by atoms with E-state index >= 15 is 0 Å². The Morgan fingerprint density at radius 1 is 1.14 bits per heavy atom. The molecule has 0 bridgehead atoms. The van der Waals surface area contributed by atoms with Crippen LogP contribution in [-0.2, 0) is 14.8 Å². The molecule has 1 aromatic carbocycles. The van der Waals surface area contributed by atoms with Crippen molar-refractivity contribution in [3.63, 3.8) is 0 Å². The highest BCUT2D eigenvalue weighted by Gasteiger charge is 2.51. The summed E-state index contributed by atoms with van der Waals surface area (Å²) in [6, 6.07) is 6.04. The summed E-state index contributed by atoms with van der Waals surface area (Å²) < 4.78 is 70.7. The van der Waals surface area contributed by atoms with E-state index in [4.69, 9.17) is 5.14 Å². The topological polar surface area (TPSA) is 69.4 Å². The monoisotopic (exact) mass is 411 g/mol. The third-order valence-corrected chi connectivity index (χ3v) is 6.85. The van der Waals surface area contributed by atoms with Crippen LogP contribution in [-0.4, -0.2) is 21.4 Å². The van der Waals surface area contributed by atoms with E-state index in [1.54, 1.807) is 12.1 Å². The molecule has 3 aliphatic carbocycles. The van der Waals surface area contributed by atoms with Crippen LogP contribution >= 0.6 is 0 Å². The van der Waals surface area contributed by atoms with Gasteiger partial charge in [-0.15, -0.1) is 0 Å². The molecule has 0 amide bonds. The number of benzene rings is 1. The normalized spacial score (nSPS) is 29.1. The Balaban J connectivity index is 1.76. The highest BCUT2D eigenvalue weighted by Crippen LogP contribution is 2.63. The van der Waals surface area contributed by atoms with Crippen LogP contribution in [0.3, 0.4) is 0 Å². The van der Waals surface area contributed by atoms with Gasteiger partial charge in [0.2, 0.25) is 10.0 Å². The van der Waals surface area contributed by atoms with Gasteiger partial charge in [0.1, 0.15) is 5.83 Å². The lowest BCUT2D eigenvalue weighted by Gasteiger charge is -2.26. The average molecular weight is 411 g/mol. The van der Waals surface area contributed by atoms with Crippen molar-refractivity contribution in [2.75, 3.05) is 7.11 Å². The third kappa shape index (κ3) is 3.23. The molecule has 0 saturated heterocycles. The number of rotatable bonds is 4. The van der Waals surface area contributed by atoms with E-state index in [2.05, 4.69) is 4.74 Å². The minimum Gasteiger partial charge on any atom is -0.341 e. The SMILES string of the molecule is COC1(F)C=C(F)C(C2=C(c3ccc(S(N)(=O)=O)cc3)CC3(CC3)C2)C=C1F. The largest absolute Gasteiger partial charge is 0.341 e. The molecule has 0 heterocycles. The molecular weight excluding hydrogens is 391 g/mol. The molecule has 8 heteroatoms. The van der Waals surface area contributed by atoms with E-state index < -0.39 is 33.4 Å². The highest BCUT2D eigenvalue weighted by molar-refractivity contribution is 7.89. The van der Waals surface area contributed by atoms with Crippen molar-refractivity contribution in [1.29, 1.82) is 0 Å². The lowest BCUT2D eigenvalue weighted by molar-refractivity contribution is -0.0668. The number of sulfonamides is 1. The zero-order valence-corrected chi connectivity index (χ0v) is 16.0. The number of primary sulfonamides is 1. The Labute approximate surface area is 161 Å². The van der Waals surface area contributed by atoms with Gasteiger partial charge in [-0.3, -0.25) is 0 Å². The molecule has 0 aromatic heterocycles. The fraction of sp³-hybridized carbons (Fsp3) is 0.400. The maximum absolute atomic E-state index is 14.7. The Kier molecular flexibility index (Phi) is 4.37. The van der Waals surface area contributed by atoms with Crippen LogP contribution in [0.5, 0.6) is 0 Å². The van der Waals surface area contributed by atoms with E-state index in [9.17, 15) is 21.6 Å². The molecule has 0 radical (unpaired) electrons. The number of methoxy groups -OCH3 is 1. The molecule has 0 aliphatic heterocycles. The van der Waals surface area contributed by atoms with Crippen molar-refractivity contribution in [1.82, 2.24) is 0 Å². The summed E-state index contributed by atoms with van der Waals surface area (Å²) in [5.74, 6) is -5.84. The Hall–Kier alpha value is -1.90. The summed E-state index contributed by atoms with van der Waals surface area (Å²) in [4.78, 5) is -0.0190. The molecule has 1 saturated carbocycles. The highest BCUT2D eigenvalue weighted by atomic mass is 32.2. The van der Waals surface area contributed by atoms with Crippen LogP contribution < -0.4 is 5.14 Å². The van der Waals surface area contributed by atoms with Gasteiger partial charge in [0, 0.05) is 13.2 Å². The molecule has 28 heavy (non-hydrogen) atoms. The zero-order valence-electron chi connectivity index (χ0n) is 15.2. The minimum absolute atomic E-state index is 0.0190. The van der Waals surface area contributed by atoms with Crippen LogP contribution in [0, 0.1) is 11.3 Å². The van der Waals surface area contributed by atoms with Gasteiger partial charge < -0.3 is 4.74 Å². The van der Waals surface area contributed by atoms with E-state index in [-0.39, 0.29) is 10.3 Å². The standard InChI is InChI=1S/C20H20F3NO3S/c1-27-20(23)11-17(21)14(8-18(20)22)16-10-19(6-7-19)9-15(16)12-2-4-13(5-3-12)28(24,25)26/h2-5,8,11,14H,6-7,9-10H2,1H3,(H2,24,25,26). The number of allylic oxidation sites excluding steroid dienone is 4. The first-order chi connectivity index (χ1) is 13.1. The Morgan fingerprint density at radius 3 is 2.32 bits per heavy atom. The molecule has 2 atom stereocenters. The van der Waals surface area contributed by atoms with Crippen LogP contribution in [0.15, 0.2) is 58.5 Å². The first kappa shape index (κ1) is 19.4. The van der Waals surface area contributed by atoms with Crippen LogP contribution in [0.2, 0.25) is 0 Å². The van der Waals surface area contributed by atoms with Crippen molar-refractivity contribution < 1.29 is 26.3 Å². The van der Waals surface area contributed by atoms with Crippen LogP contribution in [0.1, 0.15) is 31.2 Å². The smallest absolute Gasteiger partial charge is 0.283 e. The molecule has 3 aliphatic rings. The average Bonchev–Trinajstić information content (AvgIpc) is 3.29. The van der Waals surface area contributed by atoms with E-state index in [0.29, 0.717) is 24.5 Å². The van der Waals surface area contributed by atoms with Gasteiger partial charge in [-0.05, 0) is 60.4 Å². The van der Waals surface area contributed by atoms with Gasteiger partial charge >= 0.3 is 0 Å². The number of halogens is 3. The van der Waals surface area contributed by atoms with Gasteiger partial charge in [-0.1, -0.05) is 17.7 Å². The zero-order chi connectivity index (χ0) is 20.3. The third-order valence-electron chi connectivity index (χ3n) is 5.93. The predicted octanol–water partition coefficient (Wildman–Crippen LogP) is 4.31. The maximum Gasteiger partial charge on any atom is 0.283 e. The second kappa shape index (κ2) is 6.30.